The summed E-state index contributed by atoms with van der Waals surface area (Å²) < 4.78 is 11.2. The summed E-state index contributed by atoms with van der Waals surface area (Å²) in [5, 5.41) is 2.81. The molecule has 0 unspecified atom stereocenters. The molecule has 1 amide bonds. The molecule has 6 heteroatoms. The van der Waals surface area contributed by atoms with Gasteiger partial charge in [-0.15, -0.1) is 0 Å². The number of nitrogens with zero attached hydrogens (tertiary/aromatic N) is 1. The Hall–Kier alpha value is -1.95. The molecule has 1 aromatic heterocycles. The molecule has 0 radical (unpaired) electrons. The average molecular weight is 320 g/mol. The molecule has 0 aliphatic heterocycles. The number of hydrogen-bond acceptors (Lipinski definition) is 5. The van der Waals surface area contributed by atoms with Crippen molar-refractivity contribution < 1.29 is 13.9 Å². The lowest BCUT2D eigenvalue weighted by Gasteiger charge is -2.07. The van der Waals surface area contributed by atoms with Crippen molar-refractivity contribution in [3.8, 4) is 5.75 Å². The molecule has 0 saturated carbocycles. The maximum Gasteiger partial charge on any atom is 0.234 e. The van der Waals surface area contributed by atoms with Gasteiger partial charge in [-0.1, -0.05) is 13.8 Å². The number of aromatic nitrogens is 1. The number of rotatable bonds is 7. The van der Waals surface area contributed by atoms with Gasteiger partial charge in [0.1, 0.15) is 11.5 Å². The first kappa shape index (κ1) is 16.4. The molecule has 0 aliphatic carbocycles. The molecule has 5 nitrogen and oxygen atoms in total. The Balaban J connectivity index is 1.86. The number of benzene rings is 1. The van der Waals surface area contributed by atoms with Gasteiger partial charge in [0, 0.05) is 11.6 Å². The van der Waals surface area contributed by atoms with E-state index in [0.29, 0.717) is 23.3 Å². The summed E-state index contributed by atoms with van der Waals surface area (Å²) in [6, 6.07) is 7.23. The first-order chi connectivity index (χ1) is 10.6. The highest BCUT2D eigenvalue weighted by atomic mass is 32.2. The Morgan fingerprint density at radius 3 is 2.68 bits per heavy atom. The molecule has 0 fully saturated rings. The predicted molar refractivity (Wildman–Crippen MR) is 88.4 cm³/mol. The number of nitrogens with one attached hydrogen (secondary N) is 1. The zero-order valence-electron chi connectivity index (χ0n) is 13.0. The highest BCUT2D eigenvalue weighted by Crippen LogP contribution is 2.19. The van der Waals surface area contributed by atoms with E-state index in [2.05, 4.69) is 24.1 Å². The third-order valence-corrected chi connectivity index (χ3v) is 3.47. The van der Waals surface area contributed by atoms with E-state index in [1.807, 2.05) is 18.4 Å². The minimum atomic E-state index is -0.0119. The van der Waals surface area contributed by atoms with E-state index < -0.39 is 0 Å². The lowest BCUT2D eigenvalue weighted by Crippen LogP contribution is -2.13. The number of amides is 1. The molecule has 1 aromatic carbocycles. The highest BCUT2D eigenvalue weighted by molar-refractivity contribution is 7.99. The lowest BCUT2D eigenvalue weighted by molar-refractivity contribution is -0.113. The fraction of sp³-hybridized carbons (Fsp3) is 0.375. The largest absolute Gasteiger partial charge is 0.484 e. The van der Waals surface area contributed by atoms with Crippen molar-refractivity contribution in [1.82, 2.24) is 4.98 Å². The second-order valence-electron chi connectivity index (χ2n) is 5.11. The van der Waals surface area contributed by atoms with E-state index in [1.165, 1.54) is 11.8 Å². The summed E-state index contributed by atoms with van der Waals surface area (Å²) in [5.41, 5.74) is 0.754. The average Bonchev–Trinajstić information content (AvgIpc) is 2.96. The summed E-state index contributed by atoms with van der Waals surface area (Å²) in [4.78, 5) is 15.7. The van der Waals surface area contributed by atoms with E-state index >= 15 is 0 Å². The van der Waals surface area contributed by atoms with Gasteiger partial charge in [0.15, 0.2) is 6.61 Å². The minimum absolute atomic E-state index is 0.0119. The summed E-state index contributed by atoms with van der Waals surface area (Å²) in [6.07, 6.45) is 3.62. The first-order valence-corrected chi connectivity index (χ1v) is 8.44. The second-order valence-corrected chi connectivity index (χ2v) is 5.97. The molecular weight excluding hydrogens is 300 g/mol. The molecule has 22 heavy (non-hydrogen) atoms. The molecule has 1 heterocycles. The Kier molecular flexibility index (Phi) is 5.89. The van der Waals surface area contributed by atoms with Crippen molar-refractivity contribution in [3.63, 3.8) is 0 Å². The van der Waals surface area contributed by atoms with Gasteiger partial charge in [-0.25, -0.2) is 4.98 Å². The second kappa shape index (κ2) is 7.89. The monoisotopic (exact) mass is 320 g/mol. The predicted octanol–water partition coefficient (Wildman–Crippen LogP) is 3.68. The van der Waals surface area contributed by atoms with Gasteiger partial charge in [-0.2, -0.15) is 11.8 Å². The summed E-state index contributed by atoms with van der Waals surface area (Å²) in [5.74, 6) is 2.85. The van der Waals surface area contributed by atoms with Crippen LogP contribution in [0.1, 0.15) is 31.4 Å². The van der Waals surface area contributed by atoms with Gasteiger partial charge in [0.05, 0.1) is 11.9 Å². The van der Waals surface area contributed by atoms with Crippen molar-refractivity contribution in [2.75, 3.05) is 17.3 Å². The molecule has 0 atom stereocenters. The number of hydrogen-bond donors (Lipinski definition) is 1. The van der Waals surface area contributed by atoms with Crippen molar-refractivity contribution in [1.29, 1.82) is 0 Å². The van der Waals surface area contributed by atoms with E-state index in [-0.39, 0.29) is 12.5 Å². The first-order valence-electron chi connectivity index (χ1n) is 7.04. The van der Waals surface area contributed by atoms with E-state index in [4.69, 9.17) is 9.15 Å². The van der Waals surface area contributed by atoms with Crippen LogP contribution in [0.4, 0.5) is 5.69 Å². The van der Waals surface area contributed by atoms with E-state index in [9.17, 15) is 4.79 Å². The summed E-state index contributed by atoms with van der Waals surface area (Å²) >= 11 is 1.49. The van der Waals surface area contributed by atoms with Crippen molar-refractivity contribution >= 4 is 23.4 Å². The molecule has 2 rings (SSSR count). The number of oxazole rings is 1. The highest BCUT2D eigenvalue weighted by Gasteiger charge is 2.08. The van der Waals surface area contributed by atoms with Crippen LogP contribution >= 0.6 is 11.8 Å². The van der Waals surface area contributed by atoms with Crippen LogP contribution in [0.2, 0.25) is 0 Å². The number of ether oxygens (including phenoxy) is 1. The smallest absolute Gasteiger partial charge is 0.234 e. The van der Waals surface area contributed by atoms with Crippen molar-refractivity contribution in [2.45, 2.75) is 26.4 Å². The van der Waals surface area contributed by atoms with Crippen LogP contribution in [0.5, 0.6) is 5.75 Å². The van der Waals surface area contributed by atoms with E-state index in [0.717, 1.165) is 11.4 Å². The van der Waals surface area contributed by atoms with Crippen LogP contribution < -0.4 is 10.1 Å². The Morgan fingerprint density at radius 1 is 1.36 bits per heavy atom. The van der Waals surface area contributed by atoms with Crippen LogP contribution in [0, 0.1) is 0 Å². The molecule has 118 valence electrons. The van der Waals surface area contributed by atoms with Gasteiger partial charge in [-0.3, -0.25) is 4.79 Å². The van der Waals surface area contributed by atoms with Gasteiger partial charge in [0.2, 0.25) is 11.8 Å². The zero-order valence-corrected chi connectivity index (χ0v) is 13.8. The quantitative estimate of drug-likeness (QED) is 0.843. The maximum absolute atomic E-state index is 11.5. The van der Waals surface area contributed by atoms with Gasteiger partial charge < -0.3 is 14.5 Å². The van der Waals surface area contributed by atoms with Crippen LogP contribution in [0.3, 0.4) is 0 Å². The van der Waals surface area contributed by atoms with E-state index in [1.54, 1.807) is 18.3 Å². The van der Waals surface area contributed by atoms with Gasteiger partial charge in [0.25, 0.3) is 0 Å². The Morgan fingerprint density at radius 2 is 2.09 bits per heavy atom. The van der Waals surface area contributed by atoms with Crippen LogP contribution in [0.15, 0.2) is 34.9 Å². The standard InChI is InChI=1S/C16H20N2O3S/c1-11(2)14-8-17-16(21-14)9-20-13-6-4-12(5-7-13)18-15(19)10-22-3/h4-8,11H,9-10H2,1-3H3,(H,18,19). The van der Waals surface area contributed by atoms with Crippen molar-refractivity contribution in [3.05, 3.63) is 42.1 Å². The molecule has 0 aliphatic rings. The Bertz CT molecular complexity index is 608. The number of thioether (sulfide) groups is 1. The molecular formula is C16H20N2O3S. The lowest BCUT2D eigenvalue weighted by atomic mass is 10.2. The van der Waals surface area contributed by atoms with Gasteiger partial charge in [-0.05, 0) is 30.5 Å². The third kappa shape index (κ3) is 4.80. The molecule has 0 bridgehead atoms. The van der Waals surface area contributed by atoms with Gasteiger partial charge >= 0.3 is 0 Å². The summed E-state index contributed by atoms with van der Waals surface area (Å²) in [6.45, 7) is 4.38. The topological polar surface area (TPSA) is 64.4 Å². The number of carbonyl (C=O) groups is 1. The SMILES string of the molecule is CSCC(=O)Nc1ccc(OCc2ncc(C(C)C)o2)cc1. The number of anilines is 1. The maximum atomic E-state index is 11.5. The zero-order chi connectivity index (χ0) is 15.9. The van der Waals surface area contributed by atoms with Crippen LogP contribution in [0.25, 0.3) is 0 Å². The minimum Gasteiger partial charge on any atom is -0.484 e. The molecule has 2 aromatic rings. The number of carbonyl (C=O) groups excluding carboxylic acids is 1. The molecule has 0 spiro atoms. The fourth-order valence-corrected chi connectivity index (χ4v) is 2.10. The fourth-order valence-electron chi connectivity index (χ4n) is 1.77. The summed E-state index contributed by atoms with van der Waals surface area (Å²) in [7, 11) is 0. The van der Waals surface area contributed by atoms with Crippen LogP contribution in [-0.2, 0) is 11.4 Å². The van der Waals surface area contributed by atoms with Crippen molar-refractivity contribution in [2.24, 2.45) is 0 Å². The molecule has 1 N–H and O–H groups in total. The molecule has 0 saturated heterocycles. The Labute approximate surface area is 134 Å². The third-order valence-electron chi connectivity index (χ3n) is 2.92. The normalized spacial score (nSPS) is 10.7. The van der Waals surface area contributed by atoms with Crippen LogP contribution in [-0.4, -0.2) is 22.9 Å².